The summed E-state index contributed by atoms with van der Waals surface area (Å²) < 4.78 is 15.9. The first kappa shape index (κ1) is 16.1. The molecule has 0 saturated carbocycles. The molecule has 1 aromatic rings. The largest absolute Gasteiger partial charge is 0.496 e. The van der Waals surface area contributed by atoms with Crippen LogP contribution >= 0.6 is 0 Å². The number of nitrogens with one attached hydrogen (secondary N) is 1. The zero-order chi connectivity index (χ0) is 15.0. The molecule has 0 aliphatic carbocycles. The highest BCUT2D eigenvalue weighted by Crippen LogP contribution is 2.27. The van der Waals surface area contributed by atoms with Gasteiger partial charge in [0, 0.05) is 24.6 Å². The van der Waals surface area contributed by atoms with Crippen LogP contribution in [0.5, 0.6) is 17.2 Å². The van der Waals surface area contributed by atoms with Crippen LogP contribution in [0.3, 0.4) is 0 Å². The Hall–Kier alpha value is -1.95. The van der Waals surface area contributed by atoms with Crippen molar-refractivity contribution in [3.05, 3.63) is 18.2 Å². The second-order valence-electron chi connectivity index (χ2n) is 4.20. The number of methoxy groups -OCH3 is 2. The molecule has 1 rings (SSSR count). The Kier molecular flexibility index (Phi) is 6.66. The molecule has 1 aromatic carbocycles. The molecule has 0 radical (unpaired) electrons. The molecular weight excluding hydrogens is 260 g/mol. The number of hydrogen-bond acceptors (Lipinski definition) is 5. The predicted molar refractivity (Wildman–Crippen MR) is 76.3 cm³/mol. The van der Waals surface area contributed by atoms with Gasteiger partial charge < -0.3 is 25.3 Å². The van der Waals surface area contributed by atoms with Gasteiger partial charge in [0.2, 0.25) is 5.91 Å². The predicted octanol–water partition coefficient (Wildman–Crippen LogP) is 0.936. The van der Waals surface area contributed by atoms with Crippen LogP contribution in [0.25, 0.3) is 0 Å². The summed E-state index contributed by atoms with van der Waals surface area (Å²) in [4.78, 5) is 11.2. The average molecular weight is 282 g/mol. The molecule has 0 aromatic heterocycles. The minimum atomic E-state index is -0.382. The summed E-state index contributed by atoms with van der Waals surface area (Å²) in [5.41, 5.74) is 5.30. The number of likely N-dealkylation sites (N-methyl/N-ethyl adjacent to an activating group) is 1. The van der Waals surface area contributed by atoms with Crippen LogP contribution in [0.15, 0.2) is 18.2 Å². The van der Waals surface area contributed by atoms with Crippen LogP contribution in [0.1, 0.15) is 13.3 Å². The van der Waals surface area contributed by atoms with Gasteiger partial charge in [-0.05, 0) is 6.54 Å². The van der Waals surface area contributed by atoms with Crippen molar-refractivity contribution in [1.29, 1.82) is 0 Å². The third-order valence-corrected chi connectivity index (χ3v) is 2.79. The maximum atomic E-state index is 11.2. The quantitative estimate of drug-likeness (QED) is 0.704. The second kappa shape index (κ2) is 8.27. The lowest BCUT2D eigenvalue weighted by Gasteiger charge is -2.15. The van der Waals surface area contributed by atoms with Gasteiger partial charge in [-0.1, -0.05) is 6.92 Å². The highest BCUT2D eigenvalue weighted by molar-refractivity contribution is 5.79. The molecule has 112 valence electrons. The van der Waals surface area contributed by atoms with E-state index in [0.717, 1.165) is 0 Å². The standard InChI is InChI=1S/C14H22N2O4/c1-4-16-13(14(15)17)5-6-20-12-8-10(18-2)7-11(9-12)19-3/h7-9,13,16H,4-6H2,1-3H3,(H2,15,17). The van der Waals surface area contributed by atoms with E-state index in [1.165, 1.54) is 0 Å². The third-order valence-electron chi connectivity index (χ3n) is 2.79. The van der Waals surface area contributed by atoms with E-state index in [0.29, 0.717) is 36.8 Å². The molecule has 0 spiro atoms. The van der Waals surface area contributed by atoms with Crippen molar-refractivity contribution in [2.75, 3.05) is 27.4 Å². The van der Waals surface area contributed by atoms with Gasteiger partial charge >= 0.3 is 0 Å². The molecule has 6 heteroatoms. The lowest BCUT2D eigenvalue weighted by atomic mass is 10.2. The van der Waals surface area contributed by atoms with Gasteiger partial charge in [-0.3, -0.25) is 4.79 Å². The highest BCUT2D eigenvalue weighted by Gasteiger charge is 2.13. The van der Waals surface area contributed by atoms with E-state index < -0.39 is 0 Å². The summed E-state index contributed by atoms with van der Waals surface area (Å²) in [5.74, 6) is 1.55. The molecular formula is C14H22N2O4. The van der Waals surface area contributed by atoms with Crippen LogP contribution in [-0.4, -0.2) is 39.3 Å². The van der Waals surface area contributed by atoms with E-state index >= 15 is 0 Å². The van der Waals surface area contributed by atoms with Crippen LogP contribution in [0.4, 0.5) is 0 Å². The fourth-order valence-corrected chi connectivity index (χ4v) is 1.75. The normalized spacial score (nSPS) is 11.8. The molecule has 6 nitrogen and oxygen atoms in total. The first-order chi connectivity index (χ1) is 9.60. The van der Waals surface area contributed by atoms with Crippen molar-refractivity contribution >= 4 is 5.91 Å². The third kappa shape index (κ3) is 4.97. The first-order valence-corrected chi connectivity index (χ1v) is 6.49. The zero-order valence-electron chi connectivity index (χ0n) is 12.1. The Morgan fingerprint density at radius 3 is 2.20 bits per heavy atom. The van der Waals surface area contributed by atoms with Gasteiger partial charge in [-0.25, -0.2) is 0 Å². The van der Waals surface area contributed by atoms with Gasteiger partial charge in [-0.2, -0.15) is 0 Å². The van der Waals surface area contributed by atoms with Crippen molar-refractivity contribution in [3.63, 3.8) is 0 Å². The smallest absolute Gasteiger partial charge is 0.234 e. The minimum Gasteiger partial charge on any atom is -0.496 e. The lowest BCUT2D eigenvalue weighted by molar-refractivity contribution is -0.120. The summed E-state index contributed by atoms with van der Waals surface area (Å²) in [6.45, 7) is 2.97. The van der Waals surface area contributed by atoms with Crippen molar-refractivity contribution in [3.8, 4) is 17.2 Å². The van der Waals surface area contributed by atoms with E-state index in [9.17, 15) is 4.79 Å². The Labute approximate surface area is 119 Å². The Morgan fingerprint density at radius 2 is 1.75 bits per heavy atom. The SMILES string of the molecule is CCNC(CCOc1cc(OC)cc(OC)c1)C(N)=O. The van der Waals surface area contributed by atoms with E-state index in [-0.39, 0.29) is 11.9 Å². The Balaban J connectivity index is 2.58. The van der Waals surface area contributed by atoms with E-state index in [4.69, 9.17) is 19.9 Å². The molecule has 0 aliphatic heterocycles. The van der Waals surface area contributed by atoms with Gasteiger partial charge in [0.25, 0.3) is 0 Å². The van der Waals surface area contributed by atoms with Crippen LogP contribution in [0, 0.1) is 0 Å². The van der Waals surface area contributed by atoms with Crippen molar-refractivity contribution < 1.29 is 19.0 Å². The fourth-order valence-electron chi connectivity index (χ4n) is 1.75. The lowest BCUT2D eigenvalue weighted by Crippen LogP contribution is -2.42. The molecule has 20 heavy (non-hydrogen) atoms. The van der Waals surface area contributed by atoms with Crippen molar-refractivity contribution in [2.45, 2.75) is 19.4 Å². The van der Waals surface area contributed by atoms with Crippen molar-refractivity contribution in [2.24, 2.45) is 5.73 Å². The van der Waals surface area contributed by atoms with Crippen LogP contribution in [0.2, 0.25) is 0 Å². The number of nitrogens with two attached hydrogens (primary N) is 1. The second-order valence-corrected chi connectivity index (χ2v) is 4.20. The summed E-state index contributed by atoms with van der Waals surface area (Å²) >= 11 is 0. The molecule has 1 atom stereocenters. The monoisotopic (exact) mass is 282 g/mol. The van der Waals surface area contributed by atoms with E-state index in [1.54, 1.807) is 32.4 Å². The van der Waals surface area contributed by atoms with Gasteiger partial charge in [0.05, 0.1) is 26.9 Å². The molecule has 0 heterocycles. The summed E-state index contributed by atoms with van der Waals surface area (Å²) in [6, 6.07) is 4.90. The molecule has 0 fully saturated rings. The molecule has 0 bridgehead atoms. The molecule has 1 unspecified atom stereocenters. The Morgan fingerprint density at radius 1 is 1.20 bits per heavy atom. The average Bonchev–Trinajstić information content (AvgIpc) is 2.45. The fraction of sp³-hybridized carbons (Fsp3) is 0.500. The first-order valence-electron chi connectivity index (χ1n) is 6.49. The number of ether oxygens (including phenoxy) is 3. The number of primary amides is 1. The minimum absolute atomic E-state index is 0.372. The van der Waals surface area contributed by atoms with Crippen molar-refractivity contribution in [1.82, 2.24) is 5.32 Å². The zero-order valence-corrected chi connectivity index (χ0v) is 12.1. The molecule has 0 saturated heterocycles. The van der Waals surface area contributed by atoms with Gasteiger partial charge in [0.1, 0.15) is 17.2 Å². The maximum Gasteiger partial charge on any atom is 0.234 e. The van der Waals surface area contributed by atoms with E-state index in [1.807, 2.05) is 6.92 Å². The number of amides is 1. The van der Waals surface area contributed by atoms with Gasteiger partial charge in [0.15, 0.2) is 0 Å². The number of benzene rings is 1. The van der Waals surface area contributed by atoms with Crippen LogP contribution in [-0.2, 0) is 4.79 Å². The number of carbonyl (C=O) groups is 1. The topological polar surface area (TPSA) is 82.8 Å². The Bertz CT molecular complexity index is 415. The van der Waals surface area contributed by atoms with Crippen LogP contribution < -0.4 is 25.3 Å². The molecule has 0 aliphatic rings. The maximum absolute atomic E-state index is 11.2. The molecule has 1 amide bonds. The molecule has 3 N–H and O–H groups in total. The van der Waals surface area contributed by atoms with Gasteiger partial charge in [-0.15, -0.1) is 0 Å². The summed E-state index contributed by atoms with van der Waals surface area (Å²) in [7, 11) is 3.15. The number of rotatable bonds is 9. The number of hydrogen-bond donors (Lipinski definition) is 2. The number of carbonyl (C=O) groups excluding carboxylic acids is 1. The van der Waals surface area contributed by atoms with E-state index in [2.05, 4.69) is 5.32 Å². The highest BCUT2D eigenvalue weighted by atomic mass is 16.5. The summed E-state index contributed by atoms with van der Waals surface area (Å²) in [6.07, 6.45) is 0.503. The summed E-state index contributed by atoms with van der Waals surface area (Å²) in [5, 5.41) is 3.01.